The number of halogens is 1. The average molecular weight is 423 g/mol. The van der Waals surface area contributed by atoms with Gasteiger partial charge < -0.3 is 0 Å². The topological polar surface area (TPSA) is 0 Å². The normalized spacial score (nSPS) is 14.5. The van der Waals surface area contributed by atoms with Crippen LogP contribution in [0, 0.1) is 13.8 Å². The lowest BCUT2D eigenvalue weighted by Crippen LogP contribution is -2.26. The highest BCUT2D eigenvalue weighted by molar-refractivity contribution is 9.10. The predicted octanol–water partition coefficient (Wildman–Crippen LogP) is 7.41. The molecule has 0 unspecified atom stereocenters. The monoisotopic (exact) mass is 422 g/mol. The molecular weight excluding hydrogens is 404 g/mol. The predicted molar refractivity (Wildman–Crippen MR) is 120 cm³/mol. The Balaban J connectivity index is 1.87. The summed E-state index contributed by atoms with van der Waals surface area (Å²) in [6.45, 7) is 4.40. The Morgan fingerprint density at radius 1 is 0.536 bits per heavy atom. The van der Waals surface area contributed by atoms with Gasteiger partial charge in [-0.25, -0.2) is 0 Å². The SMILES string of the molecule is Cc1ccc2c(c1)C1(c3ccccc3-c3cc(Br)ccc31)c1cc(C)ccc1-2. The van der Waals surface area contributed by atoms with Gasteiger partial charge in [-0.2, -0.15) is 0 Å². The van der Waals surface area contributed by atoms with E-state index in [1.54, 1.807) is 0 Å². The highest BCUT2D eigenvalue weighted by atomic mass is 79.9. The Bertz CT molecular complexity index is 1240. The Labute approximate surface area is 174 Å². The lowest BCUT2D eigenvalue weighted by atomic mass is 9.70. The van der Waals surface area contributed by atoms with Crippen LogP contribution in [0.5, 0.6) is 0 Å². The Morgan fingerprint density at radius 2 is 1.11 bits per heavy atom. The van der Waals surface area contributed by atoms with E-state index < -0.39 is 0 Å². The van der Waals surface area contributed by atoms with E-state index in [0.717, 1.165) is 4.47 Å². The molecule has 28 heavy (non-hydrogen) atoms. The van der Waals surface area contributed by atoms with Crippen LogP contribution in [0.3, 0.4) is 0 Å². The second-order valence-electron chi connectivity index (χ2n) is 8.08. The summed E-state index contributed by atoms with van der Waals surface area (Å²) < 4.78 is 1.13. The van der Waals surface area contributed by atoms with Crippen molar-refractivity contribution < 1.29 is 0 Å². The largest absolute Gasteiger partial charge is 0.0725 e. The molecule has 4 aromatic carbocycles. The second kappa shape index (κ2) is 5.46. The summed E-state index contributed by atoms with van der Waals surface area (Å²) in [5, 5.41) is 0. The standard InChI is InChI=1S/C27H19Br/c1-16-7-10-20-21-11-8-17(2)14-26(21)27(25(20)13-16)23-6-4-3-5-19(23)22-15-18(28)9-12-24(22)27/h3-15H,1-2H3. The number of hydrogen-bond acceptors (Lipinski definition) is 0. The van der Waals surface area contributed by atoms with Crippen LogP contribution in [0.2, 0.25) is 0 Å². The Hall–Kier alpha value is -2.64. The number of benzene rings is 4. The maximum Gasteiger partial charge on any atom is 0.0725 e. The maximum absolute atomic E-state index is 3.70. The molecule has 0 aromatic heterocycles. The van der Waals surface area contributed by atoms with Crippen LogP contribution in [0.15, 0.2) is 83.3 Å². The van der Waals surface area contributed by atoms with Gasteiger partial charge in [-0.05, 0) is 70.5 Å². The maximum atomic E-state index is 3.70. The zero-order chi connectivity index (χ0) is 19.0. The summed E-state index contributed by atoms with van der Waals surface area (Å²) in [6, 6.07) is 29.7. The molecule has 0 N–H and O–H groups in total. The molecule has 0 nitrogen and oxygen atoms in total. The van der Waals surface area contributed by atoms with Gasteiger partial charge in [-0.15, -0.1) is 0 Å². The van der Waals surface area contributed by atoms with Gasteiger partial charge in [0.1, 0.15) is 0 Å². The Morgan fingerprint density at radius 3 is 1.79 bits per heavy atom. The van der Waals surface area contributed by atoms with Gasteiger partial charge in [0.2, 0.25) is 0 Å². The molecule has 0 saturated carbocycles. The van der Waals surface area contributed by atoms with Crippen molar-refractivity contribution in [1.29, 1.82) is 0 Å². The molecule has 0 amide bonds. The minimum atomic E-state index is -0.227. The quantitative estimate of drug-likeness (QED) is 0.239. The summed E-state index contributed by atoms with van der Waals surface area (Å²) in [5.41, 5.74) is 13.5. The van der Waals surface area contributed by atoms with Crippen LogP contribution in [0.4, 0.5) is 0 Å². The molecule has 0 bridgehead atoms. The lowest BCUT2D eigenvalue weighted by molar-refractivity contribution is 0.791. The molecule has 134 valence electrons. The van der Waals surface area contributed by atoms with E-state index in [0.29, 0.717) is 0 Å². The van der Waals surface area contributed by atoms with Crippen molar-refractivity contribution in [3.8, 4) is 22.3 Å². The van der Waals surface area contributed by atoms with Crippen LogP contribution in [-0.4, -0.2) is 0 Å². The molecule has 0 radical (unpaired) electrons. The van der Waals surface area contributed by atoms with Gasteiger partial charge in [0.25, 0.3) is 0 Å². The van der Waals surface area contributed by atoms with Gasteiger partial charge >= 0.3 is 0 Å². The average Bonchev–Trinajstić information content (AvgIpc) is 3.14. The fourth-order valence-corrected chi connectivity index (χ4v) is 5.75. The molecule has 0 saturated heterocycles. The van der Waals surface area contributed by atoms with E-state index >= 15 is 0 Å². The van der Waals surface area contributed by atoms with Crippen molar-refractivity contribution in [3.05, 3.63) is 117 Å². The van der Waals surface area contributed by atoms with Crippen molar-refractivity contribution in [2.45, 2.75) is 19.3 Å². The van der Waals surface area contributed by atoms with E-state index in [1.807, 2.05) is 0 Å². The van der Waals surface area contributed by atoms with Gasteiger partial charge in [-0.3, -0.25) is 0 Å². The first-order valence-corrected chi connectivity index (χ1v) is 10.5. The summed E-state index contributed by atoms with van der Waals surface area (Å²) in [6.07, 6.45) is 0. The van der Waals surface area contributed by atoms with Crippen molar-refractivity contribution in [2.24, 2.45) is 0 Å². The molecule has 2 aliphatic rings. The summed E-state index contributed by atoms with van der Waals surface area (Å²) in [5.74, 6) is 0. The minimum Gasteiger partial charge on any atom is -0.0619 e. The van der Waals surface area contributed by atoms with Crippen LogP contribution >= 0.6 is 15.9 Å². The first-order valence-electron chi connectivity index (χ1n) is 9.73. The molecule has 0 atom stereocenters. The fraction of sp³-hybridized carbons (Fsp3) is 0.111. The van der Waals surface area contributed by atoms with Crippen LogP contribution in [0.25, 0.3) is 22.3 Å². The van der Waals surface area contributed by atoms with Crippen molar-refractivity contribution in [1.82, 2.24) is 0 Å². The Kier molecular flexibility index (Phi) is 3.18. The first kappa shape index (κ1) is 16.3. The van der Waals surface area contributed by atoms with E-state index in [9.17, 15) is 0 Å². The smallest absolute Gasteiger partial charge is 0.0619 e. The first-order chi connectivity index (χ1) is 13.6. The molecule has 0 fully saturated rings. The van der Waals surface area contributed by atoms with Gasteiger partial charge in [0.15, 0.2) is 0 Å². The lowest BCUT2D eigenvalue weighted by Gasteiger charge is -2.30. The van der Waals surface area contributed by atoms with Gasteiger partial charge in [-0.1, -0.05) is 93.8 Å². The van der Waals surface area contributed by atoms with Crippen LogP contribution in [-0.2, 0) is 5.41 Å². The van der Waals surface area contributed by atoms with Gasteiger partial charge in [0, 0.05) is 4.47 Å². The van der Waals surface area contributed by atoms with E-state index in [2.05, 4.69) is 109 Å². The molecule has 6 rings (SSSR count). The number of aryl methyl sites for hydroxylation is 2. The molecule has 0 aliphatic heterocycles. The number of rotatable bonds is 0. The third-order valence-corrected chi connectivity index (χ3v) is 6.95. The third-order valence-electron chi connectivity index (χ3n) is 6.46. The van der Waals surface area contributed by atoms with E-state index in [1.165, 1.54) is 55.6 Å². The second-order valence-corrected chi connectivity index (χ2v) is 9.00. The van der Waals surface area contributed by atoms with Crippen molar-refractivity contribution >= 4 is 15.9 Å². The van der Waals surface area contributed by atoms with E-state index in [-0.39, 0.29) is 5.41 Å². The molecule has 2 aliphatic carbocycles. The van der Waals surface area contributed by atoms with Gasteiger partial charge in [0.05, 0.1) is 5.41 Å². The number of fused-ring (bicyclic) bond motifs is 10. The van der Waals surface area contributed by atoms with Crippen LogP contribution in [0.1, 0.15) is 33.4 Å². The summed E-state index contributed by atoms with van der Waals surface area (Å²) >= 11 is 3.70. The number of hydrogen-bond donors (Lipinski definition) is 0. The molecular formula is C27H19Br. The van der Waals surface area contributed by atoms with Crippen molar-refractivity contribution in [2.75, 3.05) is 0 Å². The molecule has 4 aromatic rings. The third kappa shape index (κ3) is 1.85. The summed E-state index contributed by atoms with van der Waals surface area (Å²) in [4.78, 5) is 0. The highest BCUT2D eigenvalue weighted by Gasteiger charge is 2.51. The molecule has 1 spiro atoms. The van der Waals surface area contributed by atoms with Crippen LogP contribution < -0.4 is 0 Å². The molecule has 0 heterocycles. The zero-order valence-corrected chi connectivity index (χ0v) is 17.5. The fourth-order valence-electron chi connectivity index (χ4n) is 5.39. The molecule has 1 heteroatoms. The summed E-state index contributed by atoms with van der Waals surface area (Å²) in [7, 11) is 0. The zero-order valence-electron chi connectivity index (χ0n) is 15.9. The minimum absolute atomic E-state index is 0.227. The van der Waals surface area contributed by atoms with E-state index in [4.69, 9.17) is 0 Å². The highest BCUT2D eigenvalue weighted by Crippen LogP contribution is 2.63. The van der Waals surface area contributed by atoms with Crippen molar-refractivity contribution in [3.63, 3.8) is 0 Å².